The van der Waals surface area contributed by atoms with E-state index in [4.69, 9.17) is 0 Å². The van der Waals surface area contributed by atoms with E-state index in [2.05, 4.69) is 229 Å². The SMILES string of the molecule is c1ccc(-c2ccccc2-c2ccc(N(c3ccc(-c4cccc(-c5cccc6ccccc56)c4)cc3)c3ccccc3-c3ccccc3)cc2)cc1. The van der Waals surface area contributed by atoms with Crippen molar-refractivity contribution in [3.05, 3.63) is 224 Å². The number of benzene rings is 9. The molecular weight excluding hydrogens is 639 g/mol. The van der Waals surface area contributed by atoms with Crippen LogP contribution < -0.4 is 4.90 Å². The minimum Gasteiger partial charge on any atom is -0.310 e. The first-order valence-electron chi connectivity index (χ1n) is 18.2. The number of anilines is 3. The highest BCUT2D eigenvalue weighted by Crippen LogP contribution is 2.42. The minimum atomic E-state index is 1.10. The third-order valence-corrected chi connectivity index (χ3v) is 10.1. The zero-order chi connectivity index (χ0) is 35.4. The molecule has 0 radical (unpaired) electrons. The number of fused-ring (bicyclic) bond motifs is 1. The molecule has 0 amide bonds. The van der Waals surface area contributed by atoms with Crippen molar-refractivity contribution in [2.45, 2.75) is 0 Å². The van der Waals surface area contributed by atoms with Crippen molar-refractivity contribution in [3.63, 3.8) is 0 Å². The maximum atomic E-state index is 2.38. The van der Waals surface area contributed by atoms with Gasteiger partial charge in [-0.15, -0.1) is 0 Å². The smallest absolute Gasteiger partial charge is 0.0540 e. The summed E-state index contributed by atoms with van der Waals surface area (Å²) in [5.74, 6) is 0. The van der Waals surface area contributed by atoms with Crippen LogP contribution in [0.4, 0.5) is 17.1 Å². The molecular formula is C52H37N. The van der Waals surface area contributed by atoms with Gasteiger partial charge in [-0.05, 0) is 97.2 Å². The Bertz CT molecular complexity index is 2640. The monoisotopic (exact) mass is 675 g/mol. The van der Waals surface area contributed by atoms with Crippen LogP contribution in [-0.2, 0) is 0 Å². The minimum absolute atomic E-state index is 1.10. The van der Waals surface area contributed by atoms with Gasteiger partial charge in [0.1, 0.15) is 0 Å². The van der Waals surface area contributed by atoms with Gasteiger partial charge in [0, 0.05) is 16.9 Å². The lowest BCUT2D eigenvalue weighted by Crippen LogP contribution is -2.11. The van der Waals surface area contributed by atoms with Crippen molar-refractivity contribution in [1.82, 2.24) is 0 Å². The van der Waals surface area contributed by atoms with Gasteiger partial charge in [0.2, 0.25) is 0 Å². The average molecular weight is 676 g/mol. The van der Waals surface area contributed by atoms with Crippen molar-refractivity contribution in [1.29, 1.82) is 0 Å². The van der Waals surface area contributed by atoms with Crippen molar-refractivity contribution >= 4 is 27.8 Å². The maximum absolute atomic E-state index is 2.38. The van der Waals surface area contributed by atoms with Gasteiger partial charge in [0.25, 0.3) is 0 Å². The van der Waals surface area contributed by atoms with Crippen LogP contribution >= 0.6 is 0 Å². The molecule has 0 aromatic heterocycles. The van der Waals surface area contributed by atoms with Crippen molar-refractivity contribution in [2.75, 3.05) is 4.90 Å². The van der Waals surface area contributed by atoms with Crippen molar-refractivity contribution in [3.8, 4) is 55.6 Å². The number of nitrogens with zero attached hydrogens (tertiary/aromatic N) is 1. The summed E-state index contributed by atoms with van der Waals surface area (Å²) in [4.78, 5) is 2.38. The molecule has 0 aliphatic carbocycles. The highest BCUT2D eigenvalue weighted by Gasteiger charge is 2.18. The van der Waals surface area contributed by atoms with E-state index < -0.39 is 0 Å². The van der Waals surface area contributed by atoms with Crippen LogP contribution in [0.25, 0.3) is 66.4 Å². The Balaban J connectivity index is 1.12. The molecule has 250 valence electrons. The summed E-state index contributed by atoms with van der Waals surface area (Å²) in [5, 5.41) is 2.52. The van der Waals surface area contributed by atoms with E-state index in [0.717, 1.165) is 17.1 Å². The molecule has 0 spiro atoms. The third kappa shape index (κ3) is 6.42. The molecule has 0 N–H and O–H groups in total. The lowest BCUT2D eigenvalue weighted by atomic mass is 9.94. The van der Waals surface area contributed by atoms with E-state index >= 15 is 0 Å². The standard InChI is InChI=1S/C52H37N/c1-3-15-39(16-4-1)47-24-9-10-25-49(47)42-31-35-46(36-32-42)53(52-28-12-11-26-51(52)41-17-5-2-6-18-41)45-33-29-38(30-34-45)43-21-13-22-44(37-43)50-27-14-20-40-19-7-8-23-48(40)50/h1-37H. The molecule has 0 fully saturated rings. The molecule has 0 atom stereocenters. The fourth-order valence-electron chi connectivity index (χ4n) is 7.50. The fraction of sp³-hybridized carbons (Fsp3) is 0. The van der Waals surface area contributed by atoms with Crippen LogP contribution in [0.5, 0.6) is 0 Å². The zero-order valence-corrected chi connectivity index (χ0v) is 29.3. The molecule has 1 heteroatoms. The second kappa shape index (κ2) is 14.3. The maximum Gasteiger partial charge on any atom is 0.0540 e. The summed E-state index contributed by atoms with van der Waals surface area (Å²) < 4.78 is 0. The summed E-state index contributed by atoms with van der Waals surface area (Å²) in [6.45, 7) is 0. The summed E-state index contributed by atoms with van der Waals surface area (Å²) in [6.07, 6.45) is 0. The topological polar surface area (TPSA) is 3.24 Å². The predicted octanol–water partition coefficient (Wildman–Crippen LogP) is 14.6. The van der Waals surface area contributed by atoms with Gasteiger partial charge in [-0.3, -0.25) is 0 Å². The number of hydrogen-bond acceptors (Lipinski definition) is 1. The second-order valence-corrected chi connectivity index (χ2v) is 13.3. The summed E-state index contributed by atoms with van der Waals surface area (Å²) in [6, 6.07) is 80.7. The molecule has 0 bridgehead atoms. The van der Waals surface area contributed by atoms with Crippen LogP contribution in [0.2, 0.25) is 0 Å². The fourth-order valence-corrected chi connectivity index (χ4v) is 7.50. The van der Waals surface area contributed by atoms with E-state index in [1.807, 2.05) is 0 Å². The van der Waals surface area contributed by atoms with E-state index in [9.17, 15) is 0 Å². The molecule has 9 aromatic carbocycles. The Hall–Kier alpha value is -6.96. The third-order valence-electron chi connectivity index (χ3n) is 10.1. The van der Waals surface area contributed by atoms with Gasteiger partial charge in [-0.25, -0.2) is 0 Å². The van der Waals surface area contributed by atoms with Gasteiger partial charge < -0.3 is 4.90 Å². The average Bonchev–Trinajstić information content (AvgIpc) is 3.25. The Labute approximate surface area is 311 Å². The molecule has 0 aliphatic heterocycles. The Morgan fingerprint density at radius 1 is 0.245 bits per heavy atom. The van der Waals surface area contributed by atoms with Crippen molar-refractivity contribution in [2.24, 2.45) is 0 Å². The quantitative estimate of drug-likeness (QED) is 0.155. The summed E-state index contributed by atoms with van der Waals surface area (Å²) >= 11 is 0. The highest BCUT2D eigenvalue weighted by atomic mass is 15.1. The van der Waals surface area contributed by atoms with E-state index in [1.165, 1.54) is 66.4 Å². The molecule has 0 saturated carbocycles. The first kappa shape index (κ1) is 32.0. The van der Waals surface area contributed by atoms with Gasteiger partial charge in [-0.1, -0.05) is 188 Å². The number of hydrogen-bond donors (Lipinski definition) is 0. The van der Waals surface area contributed by atoms with E-state index in [0.29, 0.717) is 0 Å². The summed E-state index contributed by atoms with van der Waals surface area (Å²) in [5.41, 5.74) is 15.4. The first-order chi connectivity index (χ1) is 26.3. The van der Waals surface area contributed by atoms with Gasteiger partial charge >= 0.3 is 0 Å². The normalized spacial score (nSPS) is 11.0. The summed E-state index contributed by atoms with van der Waals surface area (Å²) in [7, 11) is 0. The number of para-hydroxylation sites is 1. The number of rotatable bonds is 8. The van der Waals surface area contributed by atoms with Gasteiger partial charge in [-0.2, -0.15) is 0 Å². The zero-order valence-electron chi connectivity index (χ0n) is 29.3. The van der Waals surface area contributed by atoms with Crippen LogP contribution in [0.15, 0.2) is 224 Å². The van der Waals surface area contributed by atoms with Crippen LogP contribution in [0, 0.1) is 0 Å². The molecule has 1 nitrogen and oxygen atoms in total. The van der Waals surface area contributed by atoms with Gasteiger partial charge in [0.15, 0.2) is 0 Å². The largest absolute Gasteiger partial charge is 0.310 e. The second-order valence-electron chi connectivity index (χ2n) is 13.3. The first-order valence-corrected chi connectivity index (χ1v) is 18.2. The van der Waals surface area contributed by atoms with Crippen LogP contribution in [-0.4, -0.2) is 0 Å². The van der Waals surface area contributed by atoms with Crippen molar-refractivity contribution < 1.29 is 0 Å². The Morgan fingerprint density at radius 3 is 1.36 bits per heavy atom. The molecule has 0 aliphatic rings. The van der Waals surface area contributed by atoms with Crippen LogP contribution in [0.1, 0.15) is 0 Å². The Kier molecular flexibility index (Phi) is 8.66. The van der Waals surface area contributed by atoms with E-state index in [1.54, 1.807) is 0 Å². The molecule has 9 aromatic rings. The predicted molar refractivity (Wildman–Crippen MR) is 226 cm³/mol. The highest BCUT2D eigenvalue weighted by molar-refractivity contribution is 5.97. The molecule has 53 heavy (non-hydrogen) atoms. The van der Waals surface area contributed by atoms with E-state index in [-0.39, 0.29) is 0 Å². The molecule has 0 saturated heterocycles. The van der Waals surface area contributed by atoms with Gasteiger partial charge in [0.05, 0.1) is 5.69 Å². The molecule has 0 unspecified atom stereocenters. The lowest BCUT2D eigenvalue weighted by molar-refractivity contribution is 1.28. The molecule has 0 heterocycles. The van der Waals surface area contributed by atoms with Crippen LogP contribution in [0.3, 0.4) is 0 Å². The molecule has 9 rings (SSSR count). The Morgan fingerprint density at radius 2 is 0.679 bits per heavy atom. The lowest BCUT2D eigenvalue weighted by Gasteiger charge is -2.28.